The van der Waals surface area contributed by atoms with E-state index >= 15 is 0 Å². The van der Waals surface area contributed by atoms with E-state index in [0.717, 1.165) is 12.8 Å². The molecule has 0 radical (unpaired) electrons. The van der Waals surface area contributed by atoms with Crippen LogP contribution < -0.4 is 0 Å². The summed E-state index contributed by atoms with van der Waals surface area (Å²) in [5.41, 5.74) is 0. The minimum atomic E-state index is -0.266. The van der Waals surface area contributed by atoms with E-state index in [4.69, 9.17) is 9.47 Å². The largest absolute Gasteiger partial charge is 0.436 e. The van der Waals surface area contributed by atoms with Crippen molar-refractivity contribution in [2.75, 3.05) is 6.61 Å². The molecular weight excluding hydrogens is 168 g/mol. The monoisotopic (exact) mass is 186 g/mol. The van der Waals surface area contributed by atoms with Crippen molar-refractivity contribution in [2.45, 2.75) is 51.7 Å². The molecule has 1 unspecified atom stereocenters. The van der Waals surface area contributed by atoms with E-state index in [1.54, 1.807) is 0 Å². The maximum atomic E-state index is 10.9. The van der Waals surface area contributed by atoms with Crippen molar-refractivity contribution < 1.29 is 14.3 Å². The van der Waals surface area contributed by atoms with E-state index in [1.807, 2.05) is 0 Å². The zero-order valence-corrected chi connectivity index (χ0v) is 8.25. The van der Waals surface area contributed by atoms with Gasteiger partial charge in [0.2, 0.25) is 6.29 Å². The second kappa shape index (κ2) is 5.97. The van der Waals surface area contributed by atoms with Crippen molar-refractivity contribution in [3.05, 3.63) is 0 Å². The molecule has 0 aromatic rings. The third-order valence-corrected chi connectivity index (χ3v) is 2.17. The predicted molar refractivity (Wildman–Crippen MR) is 49.2 cm³/mol. The van der Waals surface area contributed by atoms with Crippen LogP contribution in [0.5, 0.6) is 0 Å². The Balaban J connectivity index is 2.03. The fourth-order valence-corrected chi connectivity index (χ4v) is 1.39. The molecule has 3 heteroatoms. The molecule has 1 heterocycles. The number of hydrogen-bond donors (Lipinski definition) is 0. The maximum absolute atomic E-state index is 10.9. The summed E-state index contributed by atoms with van der Waals surface area (Å²) in [5.74, 6) is -0.119. The molecule has 1 atom stereocenters. The lowest BCUT2D eigenvalue weighted by atomic mass is 10.1. The standard InChI is InChI=1S/C10H18O3/c1-2-3-4-5-6-10-12-8-7-9(11)13-10/h10H,2-8H2,1H3. The number of ether oxygens (including phenoxy) is 2. The van der Waals surface area contributed by atoms with Gasteiger partial charge >= 0.3 is 5.97 Å². The van der Waals surface area contributed by atoms with Crippen molar-refractivity contribution in [1.82, 2.24) is 0 Å². The van der Waals surface area contributed by atoms with E-state index in [2.05, 4.69) is 6.92 Å². The van der Waals surface area contributed by atoms with Gasteiger partial charge in [0.05, 0.1) is 13.0 Å². The van der Waals surface area contributed by atoms with Crippen molar-refractivity contribution in [3.63, 3.8) is 0 Å². The van der Waals surface area contributed by atoms with Gasteiger partial charge in [0, 0.05) is 6.42 Å². The van der Waals surface area contributed by atoms with Crippen molar-refractivity contribution in [2.24, 2.45) is 0 Å². The number of rotatable bonds is 5. The van der Waals surface area contributed by atoms with E-state index in [0.29, 0.717) is 13.0 Å². The molecule has 0 aromatic carbocycles. The quantitative estimate of drug-likeness (QED) is 0.488. The molecule has 13 heavy (non-hydrogen) atoms. The van der Waals surface area contributed by atoms with E-state index in [-0.39, 0.29) is 12.3 Å². The Labute approximate surface area is 79.4 Å². The molecule has 1 aliphatic rings. The molecule has 1 saturated heterocycles. The summed E-state index contributed by atoms with van der Waals surface area (Å²) in [7, 11) is 0. The Morgan fingerprint density at radius 1 is 1.38 bits per heavy atom. The molecular formula is C10H18O3. The molecule has 0 aliphatic carbocycles. The third kappa shape index (κ3) is 4.27. The number of esters is 1. The lowest BCUT2D eigenvalue weighted by Gasteiger charge is -2.22. The first kappa shape index (κ1) is 10.5. The van der Waals surface area contributed by atoms with Crippen LogP contribution in [0.3, 0.4) is 0 Å². The van der Waals surface area contributed by atoms with Crippen LogP contribution in [0.2, 0.25) is 0 Å². The maximum Gasteiger partial charge on any atom is 0.310 e. The second-order valence-electron chi connectivity index (χ2n) is 3.39. The number of carbonyl (C=O) groups excluding carboxylic acids is 1. The third-order valence-electron chi connectivity index (χ3n) is 2.17. The SMILES string of the molecule is CCCCCCC1OCCC(=O)O1. The first-order valence-corrected chi connectivity index (χ1v) is 5.14. The number of hydrogen-bond acceptors (Lipinski definition) is 3. The van der Waals surface area contributed by atoms with Crippen LogP contribution in [0, 0.1) is 0 Å². The number of carbonyl (C=O) groups is 1. The summed E-state index contributed by atoms with van der Waals surface area (Å²) in [6.07, 6.45) is 5.76. The minimum Gasteiger partial charge on any atom is -0.436 e. The molecule has 1 rings (SSSR count). The Morgan fingerprint density at radius 3 is 2.92 bits per heavy atom. The molecule has 0 bridgehead atoms. The summed E-state index contributed by atoms with van der Waals surface area (Å²) >= 11 is 0. The van der Waals surface area contributed by atoms with Gasteiger partial charge in [-0.25, -0.2) is 0 Å². The first-order chi connectivity index (χ1) is 6.33. The summed E-state index contributed by atoms with van der Waals surface area (Å²) in [4.78, 5) is 10.9. The van der Waals surface area contributed by atoms with Gasteiger partial charge in [-0.3, -0.25) is 4.79 Å². The molecule has 0 N–H and O–H groups in total. The molecule has 0 saturated carbocycles. The van der Waals surface area contributed by atoms with Crippen LogP contribution >= 0.6 is 0 Å². The second-order valence-corrected chi connectivity index (χ2v) is 3.39. The van der Waals surface area contributed by atoms with E-state index in [9.17, 15) is 4.79 Å². The highest BCUT2D eigenvalue weighted by molar-refractivity contribution is 5.70. The highest BCUT2D eigenvalue weighted by atomic mass is 16.7. The zero-order chi connectivity index (χ0) is 9.52. The van der Waals surface area contributed by atoms with E-state index < -0.39 is 0 Å². The first-order valence-electron chi connectivity index (χ1n) is 5.14. The van der Waals surface area contributed by atoms with Crippen LogP contribution in [-0.4, -0.2) is 18.9 Å². The van der Waals surface area contributed by atoms with Crippen LogP contribution in [0.15, 0.2) is 0 Å². The highest BCUT2D eigenvalue weighted by Crippen LogP contribution is 2.13. The topological polar surface area (TPSA) is 35.5 Å². The molecule has 0 spiro atoms. The predicted octanol–water partition coefficient (Wildman–Crippen LogP) is 2.25. The average Bonchev–Trinajstić information content (AvgIpc) is 2.13. The summed E-state index contributed by atoms with van der Waals surface area (Å²) in [5, 5.41) is 0. The van der Waals surface area contributed by atoms with Crippen molar-refractivity contribution >= 4 is 5.97 Å². The normalized spacial score (nSPS) is 22.8. The Hall–Kier alpha value is -0.570. The van der Waals surface area contributed by atoms with Gasteiger partial charge in [-0.15, -0.1) is 0 Å². The molecule has 0 amide bonds. The van der Waals surface area contributed by atoms with Crippen LogP contribution in [-0.2, 0) is 14.3 Å². The van der Waals surface area contributed by atoms with E-state index in [1.165, 1.54) is 19.3 Å². The van der Waals surface area contributed by atoms with Crippen LogP contribution in [0.1, 0.15) is 45.4 Å². The van der Waals surface area contributed by atoms with Gasteiger partial charge in [0.25, 0.3) is 0 Å². The molecule has 1 fully saturated rings. The fourth-order valence-electron chi connectivity index (χ4n) is 1.39. The van der Waals surface area contributed by atoms with Gasteiger partial charge in [0.1, 0.15) is 0 Å². The van der Waals surface area contributed by atoms with Gasteiger partial charge in [0.15, 0.2) is 0 Å². The summed E-state index contributed by atoms with van der Waals surface area (Å²) in [6.45, 7) is 2.70. The van der Waals surface area contributed by atoms with Gasteiger partial charge in [-0.2, -0.15) is 0 Å². The molecule has 1 aliphatic heterocycles. The Morgan fingerprint density at radius 2 is 2.23 bits per heavy atom. The molecule has 0 aromatic heterocycles. The number of unbranched alkanes of at least 4 members (excludes halogenated alkanes) is 3. The van der Waals surface area contributed by atoms with Gasteiger partial charge in [-0.1, -0.05) is 26.2 Å². The summed E-state index contributed by atoms with van der Waals surface area (Å²) < 4.78 is 10.3. The lowest BCUT2D eigenvalue weighted by molar-refractivity contribution is -0.198. The smallest absolute Gasteiger partial charge is 0.310 e. The molecule has 3 nitrogen and oxygen atoms in total. The Kier molecular flexibility index (Phi) is 4.83. The fraction of sp³-hybridized carbons (Fsp3) is 0.900. The lowest BCUT2D eigenvalue weighted by Crippen LogP contribution is -2.28. The minimum absolute atomic E-state index is 0.119. The highest BCUT2D eigenvalue weighted by Gasteiger charge is 2.19. The molecule has 76 valence electrons. The average molecular weight is 186 g/mol. The zero-order valence-electron chi connectivity index (χ0n) is 8.25. The number of cyclic esters (lactones) is 1. The van der Waals surface area contributed by atoms with Gasteiger partial charge < -0.3 is 9.47 Å². The van der Waals surface area contributed by atoms with Crippen LogP contribution in [0.4, 0.5) is 0 Å². The van der Waals surface area contributed by atoms with Crippen molar-refractivity contribution in [1.29, 1.82) is 0 Å². The summed E-state index contributed by atoms with van der Waals surface area (Å²) in [6, 6.07) is 0. The van der Waals surface area contributed by atoms with Gasteiger partial charge in [-0.05, 0) is 6.42 Å². The van der Waals surface area contributed by atoms with Crippen molar-refractivity contribution in [3.8, 4) is 0 Å². The Bertz CT molecular complexity index is 156. The van der Waals surface area contributed by atoms with Crippen LogP contribution in [0.25, 0.3) is 0 Å².